The molecule has 4 aromatic carbocycles. The minimum absolute atomic E-state index is 0. The first kappa shape index (κ1) is 33.9. The summed E-state index contributed by atoms with van der Waals surface area (Å²) in [6.45, 7) is 1.75. The second-order valence-corrected chi connectivity index (χ2v) is 11.5. The van der Waals surface area contributed by atoms with Crippen LogP contribution in [0.2, 0.25) is 0 Å². The molecule has 1 aliphatic heterocycles. The van der Waals surface area contributed by atoms with E-state index in [0.717, 1.165) is 42.6 Å². The van der Waals surface area contributed by atoms with Gasteiger partial charge >= 0.3 is 0 Å². The van der Waals surface area contributed by atoms with Gasteiger partial charge in [-0.2, -0.15) is 5.26 Å². The molecule has 0 radical (unpaired) electrons. The van der Waals surface area contributed by atoms with Crippen LogP contribution in [0.5, 0.6) is 5.75 Å². The minimum atomic E-state index is -0.572. The van der Waals surface area contributed by atoms with Crippen LogP contribution >= 0.6 is 12.4 Å². The van der Waals surface area contributed by atoms with E-state index in [4.69, 9.17) is 20.7 Å². The molecule has 244 valence electrons. The van der Waals surface area contributed by atoms with Crippen molar-refractivity contribution in [2.24, 2.45) is 12.8 Å². The van der Waals surface area contributed by atoms with Crippen molar-refractivity contribution in [3.05, 3.63) is 124 Å². The van der Waals surface area contributed by atoms with E-state index in [-0.39, 0.29) is 24.0 Å². The molecule has 10 nitrogen and oxygen atoms in total. The van der Waals surface area contributed by atoms with Gasteiger partial charge in [-0.25, -0.2) is 10.5 Å². The number of nitrogens with one attached hydrogen (secondary N) is 1. The summed E-state index contributed by atoms with van der Waals surface area (Å²) in [6, 6.07) is 31.5. The van der Waals surface area contributed by atoms with Crippen LogP contribution in [0, 0.1) is 11.3 Å². The van der Waals surface area contributed by atoms with E-state index in [0.29, 0.717) is 51.8 Å². The summed E-state index contributed by atoms with van der Waals surface area (Å²) < 4.78 is 7.66. The number of rotatable bonds is 8. The van der Waals surface area contributed by atoms with E-state index in [1.807, 2.05) is 72.8 Å². The number of halogens is 1. The number of hydrogen-bond acceptors (Lipinski definition) is 8. The van der Waals surface area contributed by atoms with Crippen LogP contribution in [0.3, 0.4) is 0 Å². The monoisotopic (exact) mass is 662 g/mol. The largest absolute Gasteiger partial charge is 0.489 e. The van der Waals surface area contributed by atoms with Crippen LogP contribution < -0.4 is 26.4 Å². The summed E-state index contributed by atoms with van der Waals surface area (Å²) in [5.74, 6) is 0.655. The van der Waals surface area contributed by atoms with Crippen molar-refractivity contribution < 1.29 is 14.7 Å². The Hall–Kier alpha value is -5.47. The fourth-order valence-corrected chi connectivity index (χ4v) is 5.80. The highest BCUT2D eigenvalue weighted by Gasteiger charge is 2.24. The second kappa shape index (κ2) is 15.0. The second-order valence-electron chi connectivity index (χ2n) is 11.5. The van der Waals surface area contributed by atoms with E-state index in [2.05, 4.69) is 11.0 Å². The van der Waals surface area contributed by atoms with Gasteiger partial charge in [0, 0.05) is 37.3 Å². The molecule has 48 heavy (non-hydrogen) atoms. The van der Waals surface area contributed by atoms with Crippen LogP contribution in [0.25, 0.3) is 33.5 Å². The van der Waals surface area contributed by atoms with Gasteiger partial charge in [0.15, 0.2) is 0 Å². The Bertz CT molecular complexity index is 2000. The third kappa shape index (κ3) is 7.09. The molecule has 1 aromatic heterocycles. The summed E-state index contributed by atoms with van der Waals surface area (Å²) in [5.41, 5.74) is 13.5. The van der Waals surface area contributed by atoms with Gasteiger partial charge in [-0.1, -0.05) is 66.7 Å². The topological polar surface area (TPSA) is 146 Å². The first-order chi connectivity index (χ1) is 22.9. The van der Waals surface area contributed by atoms with Crippen molar-refractivity contribution in [3.63, 3.8) is 0 Å². The first-order valence-corrected chi connectivity index (χ1v) is 15.3. The molecular formula is C37H35ClN6O4. The summed E-state index contributed by atoms with van der Waals surface area (Å²) in [6.07, 6.45) is 1.65. The Labute approximate surface area is 284 Å². The average molecular weight is 663 g/mol. The van der Waals surface area contributed by atoms with Crippen LogP contribution in [0.4, 0.5) is 5.95 Å². The number of nitriles is 1. The predicted molar refractivity (Wildman–Crippen MR) is 187 cm³/mol. The van der Waals surface area contributed by atoms with Crippen LogP contribution in [0.1, 0.15) is 34.3 Å². The van der Waals surface area contributed by atoms with Crippen molar-refractivity contribution in [2.45, 2.75) is 25.5 Å². The van der Waals surface area contributed by atoms with Crippen molar-refractivity contribution in [3.8, 4) is 45.3 Å². The number of ether oxygens (including phenoxy) is 1. The fraction of sp³-hybridized carbons (Fsp3) is 0.189. The van der Waals surface area contributed by atoms with E-state index in [1.54, 1.807) is 41.4 Å². The molecule has 1 saturated heterocycles. The minimum Gasteiger partial charge on any atom is -0.489 e. The lowest BCUT2D eigenvalue weighted by Gasteiger charge is -2.32. The van der Waals surface area contributed by atoms with Crippen LogP contribution in [0.15, 0.2) is 102 Å². The number of carbonyl (C=O) groups is 1. The number of hydroxylamine groups is 1. The molecule has 6 rings (SSSR count). The highest BCUT2D eigenvalue weighted by molar-refractivity contribution is 6.00. The van der Waals surface area contributed by atoms with Crippen molar-refractivity contribution in [1.82, 2.24) is 15.0 Å². The van der Waals surface area contributed by atoms with Crippen molar-refractivity contribution in [1.29, 1.82) is 5.26 Å². The first-order valence-electron chi connectivity index (χ1n) is 15.3. The smallest absolute Gasteiger partial charge is 0.275 e. The van der Waals surface area contributed by atoms with Crippen LogP contribution in [-0.4, -0.2) is 39.8 Å². The summed E-state index contributed by atoms with van der Waals surface area (Å²) in [4.78, 5) is 33.2. The molecule has 11 heteroatoms. The number of aromatic nitrogens is 2. The van der Waals surface area contributed by atoms with Crippen molar-refractivity contribution >= 4 is 24.3 Å². The molecule has 0 unspecified atom stereocenters. The van der Waals surface area contributed by atoms with Gasteiger partial charge < -0.3 is 15.4 Å². The molecule has 2 heterocycles. The maximum atomic E-state index is 14.0. The molecule has 1 amide bonds. The molecule has 4 N–H and O–H groups in total. The summed E-state index contributed by atoms with van der Waals surface area (Å²) >= 11 is 0. The number of nitrogens with two attached hydrogens (primary N) is 1. The van der Waals surface area contributed by atoms with Gasteiger partial charge in [0.1, 0.15) is 12.4 Å². The van der Waals surface area contributed by atoms with E-state index in [1.165, 1.54) is 0 Å². The van der Waals surface area contributed by atoms with Crippen molar-refractivity contribution in [2.75, 3.05) is 18.0 Å². The van der Waals surface area contributed by atoms with Gasteiger partial charge in [-0.05, 0) is 65.4 Å². The maximum Gasteiger partial charge on any atom is 0.275 e. The Kier molecular flexibility index (Phi) is 10.6. The number of hydrogen-bond donors (Lipinski definition) is 3. The lowest BCUT2D eigenvalue weighted by molar-refractivity contribution is 0.0707. The highest BCUT2D eigenvalue weighted by Crippen LogP contribution is 2.32. The van der Waals surface area contributed by atoms with E-state index < -0.39 is 5.91 Å². The zero-order valence-corrected chi connectivity index (χ0v) is 27.1. The Balaban J connectivity index is 0.00000451. The summed E-state index contributed by atoms with van der Waals surface area (Å²) in [5, 5.41) is 18.4. The zero-order chi connectivity index (χ0) is 32.9. The SMILES string of the molecule is Cl.Cn1c(N2CCC(N)CC2)nc(-c2ccc(C#N)cc2)c(-c2ccc(OCc3ccc(-c4ccccc4C(=O)NO)cc3)cc2)c1=O. The lowest BCUT2D eigenvalue weighted by atomic mass is 9.98. The predicted octanol–water partition coefficient (Wildman–Crippen LogP) is 5.70. The number of benzene rings is 4. The number of carbonyl (C=O) groups excluding carboxylic acids is 1. The van der Waals surface area contributed by atoms with Gasteiger partial charge in [0.25, 0.3) is 11.5 Å². The quantitative estimate of drug-likeness (QED) is 0.142. The molecule has 1 aliphatic rings. The van der Waals surface area contributed by atoms with Crippen LogP contribution in [-0.2, 0) is 13.7 Å². The number of amides is 1. The zero-order valence-electron chi connectivity index (χ0n) is 26.3. The standard InChI is InChI=1S/C37H34N6O4.ClH/c1-42-36(45)33(34(28-12-6-24(22-38)7-13-28)40-37(42)43-20-18-29(39)19-21-43)27-14-16-30(17-15-27)47-23-25-8-10-26(11-9-25)31-4-2-3-5-32(31)35(44)41-46;/h2-17,29,46H,18-21,23,39H2,1H3,(H,41,44);1H. The summed E-state index contributed by atoms with van der Waals surface area (Å²) in [7, 11) is 1.74. The molecule has 5 aromatic rings. The molecule has 0 saturated carbocycles. The molecule has 0 aliphatic carbocycles. The Morgan fingerprint density at radius 3 is 2.23 bits per heavy atom. The molecule has 0 spiro atoms. The number of piperidine rings is 1. The third-order valence-electron chi connectivity index (χ3n) is 8.46. The molecule has 0 bridgehead atoms. The average Bonchev–Trinajstić information content (AvgIpc) is 3.12. The van der Waals surface area contributed by atoms with E-state index in [9.17, 15) is 14.9 Å². The fourth-order valence-electron chi connectivity index (χ4n) is 5.80. The lowest BCUT2D eigenvalue weighted by Crippen LogP contribution is -2.42. The number of anilines is 1. The number of nitrogens with zero attached hydrogens (tertiary/aromatic N) is 4. The molecule has 0 atom stereocenters. The maximum absolute atomic E-state index is 14.0. The Morgan fingerprint density at radius 2 is 1.58 bits per heavy atom. The third-order valence-corrected chi connectivity index (χ3v) is 8.46. The normalized spacial score (nSPS) is 12.9. The molecule has 1 fully saturated rings. The Morgan fingerprint density at radius 1 is 0.958 bits per heavy atom. The highest BCUT2D eigenvalue weighted by atomic mass is 35.5. The van der Waals surface area contributed by atoms with E-state index >= 15 is 0 Å². The van der Waals surface area contributed by atoms with Gasteiger partial charge in [-0.3, -0.25) is 19.4 Å². The molecular weight excluding hydrogens is 628 g/mol. The van der Waals surface area contributed by atoms with Gasteiger partial charge in [-0.15, -0.1) is 12.4 Å². The van der Waals surface area contributed by atoms with Gasteiger partial charge in [0.05, 0.1) is 22.9 Å². The van der Waals surface area contributed by atoms with Gasteiger partial charge in [0.2, 0.25) is 5.95 Å².